The third-order valence-electron chi connectivity index (χ3n) is 3.63. The summed E-state index contributed by atoms with van der Waals surface area (Å²) in [4.78, 5) is 23.4. The van der Waals surface area contributed by atoms with Crippen LogP contribution in [0, 0.1) is 19.8 Å². The molecular weight excluding hydrogens is 304 g/mol. The molecule has 0 bridgehead atoms. The Morgan fingerprint density at radius 1 is 0.917 bits per heavy atom. The third kappa shape index (κ3) is 9.33. The van der Waals surface area contributed by atoms with Gasteiger partial charge in [0, 0.05) is 12.8 Å². The largest absolute Gasteiger partial charge is 0.466 e. The molecule has 0 aliphatic heterocycles. The fourth-order valence-corrected chi connectivity index (χ4v) is 2.46. The minimum Gasteiger partial charge on any atom is -0.466 e. The predicted molar refractivity (Wildman–Crippen MR) is 95.1 cm³/mol. The summed E-state index contributed by atoms with van der Waals surface area (Å²) in [5.41, 5.74) is 2.14. The first-order chi connectivity index (χ1) is 11.4. The van der Waals surface area contributed by atoms with Gasteiger partial charge in [0.05, 0.1) is 6.61 Å². The Balaban J connectivity index is 2.13. The number of ether oxygens (including phenoxy) is 2. The summed E-state index contributed by atoms with van der Waals surface area (Å²) < 4.78 is 10.5. The molecule has 0 heterocycles. The lowest BCUT2D eigenvalue weighted by Gasteiger charge is -2.07. The normalized spacial score (nSPS) is 10.7. The van der Waals surface area contributed by atoms with E-state index in [4.69, 9.17) is 9.47 Å². The quantitative estimate of drug-likeness (QED) is 0.352. The van der Waals surface area contributed by atoms with E-state index >= 15 is 0 Å². The molecular formula is C20H30O4. The van der Waals surface area contributed by atoms with E-state index < -0.39 is 0 Å². The Morgan fingerprint density at radius 2 is 1.50 bits per heavy atom. The number of carbonyl (C=O) groups is 2. The number of unbranched alkanes of at least 4 members (excludes halogenated alkanes) is 1. The summed E-state index contributed by atoms with van der Waals surface area (Å²) in [5.74, 6) is 0.778. The standard InChI is InChI=1S/C20H30O4/c1-15(2)8-7-11-23-19(21)9-5-6-10-20(22)24-18-13-16(3)12-17(4)14-18/h12-15H,5-11H2,1-4H3. The third-order valence-corrected chi connectivity index (χ3v) is 3.63. The molecule has 0 atom stereocenters. The molecule has 4 nitrogen and oxygen atoms in total. The van der Waals surface area contributed by atoms with Gasteiger partial charge in [-0.25, -0.2) is 0 Å². The van der Waals surface area contributed by atoms with Crippen LogP contribution in [-0.2, 0) is 14.3 Å². The highest BCUT2D eigenvalue weighted by molar-refractivity contribution is 5.72. The van der Waals surface area contributed by atoms with Crippen LogP contribution in [0.1, 0.15) is 63.5 Å². The highest BCUT2D eigenvalue weighted by Crippen LogP contribution is 2.17. The summed E-state index contributed by atoms with van der Waals surface area (Å²) in [6.45, 7) is 8.73. The van der Waals surface area contributed by atoms with E-state index in [1.165, 1.54) is 0 Å². The van der Waals surface area contributed by atoms with Crippen LogP contribution in [0.2, 0.25) is 0 Å². The van der Waals surface area contributed by atoms with E-state index in [2.05, 4.69) is 13.8 Å². The fraction of sp³-hybridized carbons (Fsp3) is 0.600. The maximum Gasteiger partial charge on any atom is 0.311 e. The molecule has 0 N–H and O–H groups in total. The van der Waals surface area contributed by atoms with Gasteiger partial charge in [0.15, 0.2) is 0 Å². The summed E-state index contributed by atoms with van der Waals surface area (Å²) in [5, 5.41) is 0. The van der Waals surface area contributed by atoms with Crippen LogP contribution in [0.25, 0.3) is 0 Å². The Morgan fingerprint density at radius 3 is 2.08 bits per heavy atom. The zero-order chi connectivity index (χ0) is 17.9. The van der Waals surface area contributed by atoms with Gasteiger partial charge < -0.3 is 9.47 Å². The molecule has 24 heavy (non-hydrogen) atoms. The van der Waals surface area contributed by atoms with E-state index in [-0.39, 0.29) is 11.9 Å². The minimum absolute atomic E-state index is 0.179. The molecule has 0 aliphatic rings. The highest BCUT2D eigenvalue weighted by atomic mass is 16.5. The van der Waals surface area contributed by atoms with Crippen LogP contribution in [-0.4, -0.2) is 18.5 Å². The fourth-order valence-electron chi connectivity index (χ4n) is 2.46. The van der Waals surface area contributed by atoms with Crippen LogP contribution in [0.3, 0.4) is 0 Å². The lowest BCUT2D eigenvalue weighted by molar-refractivity contribution is -0.144. The van der Waals surface area contributed by atoms with Gasteiger partial charge in [-0.15, -0.1) is 0 Å². The number of esters is 2. The van der Waals surface area contributed by atoms with Crippen molar-refractivity contribution < 1.29 is 19.1 Å². The molecule has 0 aliphatic carbocycles. The van der Waals surface area contributed by atoms with Crippen molar-refractivity contribution in [3.8, 4) is 5.75 Å². The van der Waals surface area contributed by atoms with Gasteiger partial charge >= 0.3 is 11.9 Å². The second kappa shape index (κ2) is 10.8. The van der Waals surface area contributed by atoms with E-state index in [0.29, 0.717) is 44.0 Å². The smallest absolute Gasteiger partial charge is 0.311 e. The van der Waals surface area contributed by atoms with E-state index in [1.54, 1.807) is 0 Å². The van der Waals surface area contributed by atoms with Crippen molar-refractivity contribution in [2.24, 2.45) is 5.92 Å². The van der Waals surface area contributed by atoms with Crippen molar-refractivity contribution in [3.05, 3.63) is 29.3 Å². The maximum atomic E-state index is 11.8. The molecule has 1 rings (SSSR count). The monoisotopic (exact) mass is 334 g/mol. The van der Waals surface area contributed by atoms with Crippen molar-refractivity contribution in [1.82, 2.24) is 0 Å². The van der Waals surface area contributed by atoms with Crippen LogP contribution in [0.5, 0.6) is 5.75 Å². The molecule has 0 saturated carbocycles. The first-order valence-electron chi connectivity index (χ1n) is 8.81. The maximum absolute atomic E-state index is 11.8. The minimum atomic E-state index is -0.259. The van der Waals surface area contributed by atoms with Crippen molar-refractivity contribution in [1.29, 1.82) is 0 Å². The van der Waals surface area contributed by atoms with Crippen LogP contribution < -0.4 is 4.74 Å². The van der Waals surface area contributed by atoms with Crippen LogP contribution in [0.4, 0.5) is 0 Å². The number of rotatable bonds is 10. The molecule has 4 heteroatoms. The summed E-state index contributed by atoms with van der Waals surface area (Å²) >= 11 is 0. The van der Waals surface area contributed by atoms with Gasteiger partial charge in [-0.3, -0.25) is 9.59 Å². The number of aryl methyl sites for hydroxylation is 2. The lowest BCUT2D eigenvalue weighted by Crippen LogP contribution is -2.09. The van der Waals surface area contributed by atoms with Gasteiger partial charge in [-0.05, 0) is 68.7 Å². The summed E-state index contributed by atoms with van der Waals surface area (Å²) in [7, 11) is 0. The molecule has 0 spiro atoms. The van der Waals surface area contributed by atoms with Gasteiger partial charge in [-0.2, -0.15) is 0 Å². The van der Waals surface area contributed by atoms with E-state index in [9.17, 15) is 9.59 Å². The first-order valence-corrected chi connectivity index (χ1v) is 8.81. The molecule has 0 unspecified atom stereocenters. The zero-order valence-electron chi connectivity index (χ0n) is 15.4. The Bertz CT molecular complexity index is 514. The summed E-state index contributed by atoms with van der Waals surface area (Å²) in [6.07, 6.45) is 3.92. The van der Waals surface area contributed by atoms with Crippen LogP contribution in [0.15, 0.2) is 18.2 Å². The number of benzene rings is 1. The van der Waals surface area contributed by atoms with Gasteiger partial charge in [-0.1, -0.05) is 19.9 Å². The molecule has 1 aromatic carbocycles. The van der Waals surface area contributed by atoms with Crippen molar-refractivity contribution in [2.75, 3.05) is 6.61 Å². The Hall–Kier alpha value is -1.84. The van der Waals surface area contributed by atoms with E-state index in [0.717, 1.165) is 24.0 Å². The van der Waals surface area contributed by atoms with Crippen molar-refractivity contribution in [3.63, 3.8) is 0 Å². The van der Waals surface area contributed by atoms with Crippen molar-refractivity contribution >= 4 is 11.9 Å². The first kappa shape index (κ1) is 20.2. The molecule has 0 saturated heterocycles. The molecule has 0 amide bonds. The SMILES string of the molecule is Cc1cc(C)cc(OC(=O)CCCCC(=O)OCCCC(C)C)c1. The van der Waals surface area contributed by atoms with E-state index in [1.807, 2.05) is 32.0 Å². The molecule has 1 aromatic rings. The predicted octanol–water partition coefficient (Wildman–Crippen LogP) is 4.75. The molecule has 134 valence electrons. The number of hydrogen-bond acceptors (Lipinski definition) is 4. The Kier molecular flexibility index (Phi) is 9.13. The number of carbonyl (C=O) groups excluding carboxylic acids is 2. The molecule has 0 aromatic heterocycles. The zero-order valence-corrected chi connectivity index (χ0v) is 15.4. The average Bonchev–Trinajstić information content (AvgIpc) is 2.47. The second-order valence-electron chi connectivity index (χ2n) is 6.76. The summed E-state index contributed by atoms with van der Waals surface area (Å²) in [6, 6.07) is 5.73. The highest BCUT2D eigenvalue weighted by Gasteiger charge is 2.08. The van der Waals surface area contributed by atoms with Crippen LogP contribution >= 0.6 is 0 Å². The topological polar surface area (TPSA) is 52.6 Å². The second-order valence-corrected chi connectivity index (χ2v) is 6.76. The molecule has 0 fully saturated rings. The van der Waals surface area contributed by atoms with Gasteiger partial charge in [0.2, 0.25) is 0 Å². The van der Waals surface area contributed by atoms with Gasteiger partial charge in [0.25, 0.3) is 0 Å². The Labute approximate surface area is 145 Å². The average molecular weight is 334 g/mol. The lowest BCUT2D eigenvalue weighted by atomic mass is 10.1. The molecule has 0 radical (unpaired) electrons. The van der Waals surface area contributed by atoms with Gasteiger partial charge in [0.1, 0.15) is 5.75 Å². The van der Waals surface area contributed by atoms with Crippen molar-refractivity contribution in [2.45, 2.75) is 66.2 Å². The number of hydrogen-bond donors (Lipinski definition) is 0.